The molecule has 0 aliphatic heterocycles. The van der Waals surface area contributed by atoms with Crippen molar-refractivity contribution in [1.29, 1.82) is 0 Å². The Bertz CT molecular complexity index is 94.5. The van der Waals surface area contributed by atoms with Gasteiger partial charge in [0.2, 0.25) is 7.18 Å². The molecule has 0 aliphatic carbocycles. The van der Waals surface area contributed by atoms with Crippen molar-refractivity contribution >= 4 is 5.97 Å². The minimum atomic E-state index is -0.670. The van der Waals surface area contributed by atoms with Crippen LogP contribution in [0.4, 0.5) is 4.39 Å². The average Bonchev–Trinajstić information content (AvgIpc) is 2.07. The summed E-state index contributed by atoms with van der Waals surface area (Å²) >= 11 is 0. The number of carboxylic acid groups (broad SMARTS) is 1. The van der Waals surface area contributed by atoms with E-state index >= 15 is 0 Å². The zero-order valence-corrected chi connectivity index (χ0v) is 7.48. The number of hydrogen-bond donors (Lipinski definition) is 1. The van der Waals surface area contributed by atoms with Crippen molar-refractivity contribution in [2.75, 3.05) is 0 Å². The third-order valence-electron chi connectivity index (χ3n) is 1.49. The van der Waals surface area contributed by atoms with E-state index in [1.165, 1.54) is 19.3 Å². The van der Waals surface area contributed by atoms with Crippen LogP contribution in [-0.4, -0.2) is 11.1 Å². The van der Waals surface area contributed by atoms with Gasteiger partial charge in [-0.1, -0.05) is 32.6 Å². The second-order valence-electron chi connectivity index (χ2n) is 2.56. The monoisotopic (exact) mass is 175 g/mol. The molecule has 0 heterocycles. The Morgan fingerprint density at radius 3 is 2.17 bits per heavy atom. The van der Waals surface area contributed by atoms with E-state index in [1.807, 2.05) is 0 Å². The highest BCUT2D eigenvalue weighted by molar-refractivity contribution is 5.66. The minimum absolute atomic E-state index is 0.337. The van der Waals surface area contributed by atoms with Crippen LogP contribution in [0, 0.1) is 7.18 Å². The van der Waals surface area contributed by atoms with Crippen LogP contribution in [0.25, 0.3) is 0 Å². The number of carboxylic acids is 1. The molecule has 0 saturated heterocycles. The van der Waals surface area contributed by atoms with E-state index in [4.69, 9.17) is 9.50 Å². The summed E-state index contributed by atoms with van der Waals surface area (Å²) < 4.78 is 8.75. The van der Waals surface area contributed by atoms with E-state index in [9.17, 15) is 4.79 Å². The summed E-state index contributed by atoms with van der Waals surface area (Å²) in [7, 11) is 4.25. The first-order valence-corrected chi connectivity index (χ1v) is 4.18. The van der Waals surface area contributed by atoms with Crippen LogP contribution in [0.5, 0.6) is 0 Å². The second-order valence-corrected chi connectivity index (χ2v) is 2.56. The van der Waals surface area contributed by atoms with E-state index in [0.29, 0.717) is 6.42 Å². The van der Waals surface area contributed by atoms with Gasteiger partial charge in [0.05, 0.1) is 0 Å². The van der Waals surface area contributed by atoms with Crippen molar-refractivity contribution in [2.45, 2.75) is 45.4 Å². The fourth-order valence-corrected chi connectivity index (χ4v) is 0.880. The van der Waals surface area contributed by atoms with Crippen molar-refractivity contribution < 1.29 is 14.3 Å². The lowest BCUT2D eigenvalue weighted by molar-refractivity contribution is -0.137. The van der Waals surface area contributed by atoms with Gasteiger partial charge in [-0.25, -0.2) is 4.39 Å². The summed E-state index contributed by atoms with van der Waals surface area (Å²) in [4.78, 5) is 10.0. The van der Waals surface area contributed by atoms with Gasteiger partial charge in [-0.3, -0.25) is 4.79 Å². The lowest BCUT2D eigenvalue weighted by Gasteiger charge is -1.95. The molecule has 0 rings (SSSR count). The maximum absolute atomic E-state index is 10.0. The fourth-order valence-electron chi connectivity index (χ4n) is 0.880. The lowest BCUT2D eigenvalue weighted by atomic mass is 10.1. The molecule has 0 atom stereocenters. The van der Waals surface area contributed by atoms with Crippen molar-refractivity contribution in [1.82, 2.24) is 0 Å². The molecule has 0 unspecified atom stereocenters. The SMILES string of the molecule is CCCCCCCC(=O)O.[C]F. The Hall–Kier alpha value is -0.600. The summed E-state index contributed by atoms with van der Waals surface area (Å²) in [6.07, 6.45) is 5.88. The molecule has 3 heteroatoms. The van der Waals surface area contributed by atoms with E-state index in [-0.39, 0.29) is 0 Å². The standard InChI is InChI=1S/C8H16O2.CF/c1-2-3-4-5-6-7-8(9)10;1-2/h2-7H2,1H3,(H,9,10);. The van der Waals surface area contributed by atoms with Gasteiger partial charge in [-0.15, -0.1) is 0 Å². The Kier molecular flexibility index (Phi) is 15.1. The number of halogens is 1. The molecule has 3 radical (unpaired) electrons. The molecular weight excluding hydrogens is 159 g/mol. The molecule has 12 heavy (non-hydrogen) atoms. The second kappa shape index (κ2) is 13.0. The molecule has 0 bridgehead atoms. The van der Waals surface area contributed by atoms with Gasteiger partial charge < -0.3 is 5.11 Å². The van der Waals surface area contributed by atoms with Crippen molar-refractivity contribution in [2.24, 2.45) is 0 Å². The zero-order valence-electron chi connectivity index (χ0n) is 7.48. The quantitative estimate of drug-likeness (QED) is 0.630. The van der Waals surface area contributed by atoms with Crippen LogP contribution in [0.2, 0.25) is 0 Å². The van der Waals surface area contributed by atoms with Gasteiger partial charge in [-0.05, 0) is 6.42 Å². The highest BCUT2D eigenvalue weighted by Gasteiger charge is 1.94. The zero-order chi connectivity index (χ0) is 9.82. The maximum atomic E-state index is 10.0. The minimum Gasteiger partial charge on any atom is -0.481 e. The number of hydrogen-bond acceptors (Lipinski definition) is 1. The summed E-state index contributed by atoms with van der Waals surface area (Å²) in [6, 6.07) is 0. The predicted molar refractivity (Wildman–Crippen MR) is 45.4 cm³/mol. The molecule has 0 aromatic heterocycles. The molecule has 0 aliphatic rings. The molecule has 1 N–H and O–H groups in total. The Balaban J connectivity index is 0. The van der Waals surface area contributed by atoms with E-state index in [0.717, 1.165) is 12.8 Å². The topological polar surface area (TPSA) is 37.3 Å². The van der Waals surface area contributed by atoms with Crippen LogP contribution in [0.15, 0.2) is 0 Å². The van der Waals surface area contributed by atoms with Crippen LogP contribution in [-0.2, 0) is 4.79 Å². The van der Waals surface area contributed by atoms with Gasteiger partial charge in [0.1, 0.15) is 0 Å². The Morgan fingerprint density at radius 2 is 1.75 bits per heavy atom. The number of carbonyl (C=O) groups is 1. The molecule has 0 aromatic carbocycles. The summed E-state index contributed by atoms with van der Waals surface area (Å²) in [5.41, 5.74) is 0. The predicted octanol–water partition coefficient (Wildman–Crippen LogP) is 2.93. The number of aliphatic carboxylic acids is 1. The van der Waals surface area contributed by atoms with Crippen LogP contribution in [0.1, 0.15) is 45.4 Å². The highest BCUT2D eigenvalue weighted by Crippen LogP contribution is 2.04. The average molecular weight is 175 g/mol. The molecular formula is C9H16FO2. The highest BCUT2D eigenvalue weighted by atomic mass is 19.1. The smallest absolute Gasteiger partial charge is 0.303 e. The first kappa shape index (κ1) is 14.0. The van der Waals surface area contributed by atoms with Gasteiger partial charge >= 0.3 is 5.97 Å². The largest absolute Gasteiger partial charge is 0.481 e. The molecule has 0 amide bonds. The van der Waals surface area contributed by atoms with Crippen LogP contribution >= 0.6 is 0 Å². The normalized spacial score (nSPS) is 8.58. The first-order chi connectivity index (χ1) is 5.77. The third kappa shape index (κ3) is 16.2. The van der Waals surface area contributed by atoms with Crippen LogP contribution < -0.4 is 0 Å². The van der Waals surface area contributed by atoms with E-state index < -0.39 is 5.97 Å². The first-order valence-electron chi connectivity index (χ1n) is 4.18. The Morgan fingerprint density at radius 1 is 1.25 bits per heavy atom. The molecule has 0 aromatic rings. The molecule has 0 fully saturated rings. The lowest BCUT2D eigenvalue weighted by Crippen LogP contribution is -1.93. The maximum Gasteiger partial charge on any atom is 0.303 e. The molecule has 0 saturated carbocycles. The van der Waals surface area contributed by atoms with Crippen molar-refractivity contribution in [3.05, 3.63) is 7.18 Å². The van der Waals surface area contributed by atoms with Crippen molar-refractivity contribution in [3.63, 3.8) is 0 Å². The molecule has 71 valence electrons. The van der Waals surface area contributed by atoms with E-state index in [2.05, 4.69) is 14.1 Å². The number of rotatable bonds is 6. The Labute approximate surface area is 73.8 Å². The summed E-state index contributed by atoms with van der Waals surface area (Å²) in [5.74, 6) is -0.670. The van der Waals surface area contributed by atoms with Crippen molar-refractivity contribution in [3.8, 4) is 0 Å². The van der Waals surface area contributed by atoms with Crippen LogP contribution in [0.3, 0.4) is 0 Å². The third-order valence-corrected chi connectivity index (χ3v) is 1.49. The summed E-state index contributed by atoms with van der Waals surface area (Å²) in [6.45, 7) is 2.15. The van der Waals surface area contributed by atoms with E-state index in [1.54, 1.807) is 0 Å². The molecule has 2 nitrogen and oxygen atoms in total. The van der Waals surface area contributed by atoms with Gasteiger partial charge in [0, 0.05) is 6.42 Å². The summed E-state index contributed by atoms with van der Waals surface area (Å²) in [5, 5.41) is 8.27. The fraction of sp³-hybridized carbons (Fsp3) is 0.778. The van der Waals surface area contributed by atoms with Gasteiger partial charge in [-0.2, -0.15) is 0 Å². The number of unbranched alkanes of at least 4 members (excludes halogenated alkanes) is 4. The molecule has 0 spiro atoms. The van der Waals surface area contributed by atoms with Gasteiger partial charge in [0.15, 0.2) is 0 Å². The van der Waals surface area contributed by atoms with Gasteiger partial charge in [0.25, 0.3) is 0 Å².